The molecule has 0 spiro atoms. The minimum absolute atomic E-state index is 0. The first-order valence-corrected chi connectivity index (χ1v) is 2.54. The Morgan fingerprint density at radius 1 is 1.60 bits per heavy atom. The molecule has 1 heterocycles. The van der Waals surface area contributed by atoms with Crippen molar-refractivity contribution in [3.63, 3.8) is 0 Å². The number of halogens is 2. The summed E-state index contributed by atoms with van der Waals surface area (Å²) >= 11 is 0. The molecule has 1 aromatic rings. The average molecular weight is 164 g/mol. The normalized spacial score (nSPS) is 8.60. The number of aromatic nitrogens is 1. The molecular weight excluding hydrogens is 157 g/mol. The highest BCUT2D eigenvalue weighted by atomic mass is 35.5. The number of nitrogens with zero attached hydrogens (tertiary/aromatic N) is 1. The van der Waals surface area contributed by atoms with E-state index < -0.39 is 5.82 Å². The van der Waals surface area contributed by atoms with Crippen molar-refractivity contribution in [1.29, 1.82) is 0 Å². The van der Waals surface area contributed by atoms with Gasteiger partial charge in [0.15, 0.2) is 0 Å². The lowest BCUT2D eigenvalue weighted by molar-refractivity contribution is 0.275. The van der Waals surface area contributed by atoms with Gasteiger partial charge in [-0.1, -0.05) is 0 Å². The molecule has 0 unspecified atom stereocenters. The molecule has 0 radical (unpaired) electrons. The van der Waals surface area contributed by atoms with Crippen LogP contribution in [0.25, 0.3) is 0 Å². The Bertz CT molecular complexity index is 207. The molecular formula is C6H7ClFNO. The second kappa shape index (κ2) is 4.19. The van der Waals surface area contributed by atoms with Gasteiger partial charge in [-0.15, -0.1) is 12.4 Å². The number of rotatable bonds is 1. The molecule has 56 valence electrons. The molecule has 0 aliphatic carbocycles. The van der Waals surface area contributed by atoms with E-state index in [1.165, 1.54) is 18.5 Å². The summed E-state index contributed by atoms with van der Waals surface area (Å²) in [6.07, 6.45) is 2.64. The number of hydrogen-bond donors (Lipinski definition) is 1. The van der Waals surface area contributed by atoms with Crippen LogP contribution in [0.3, 0.4) is 0 Å². The van der Waals surface area contributed by atoms with Gasteiger partial charge in [0.2, 0.25) is 0 Å². The van der Waals surface area contributed by atoms with Crippen LogP contribution in [-0.4, -0.2) is 10.1 Å². The summed E-state index contributed by atoms with van der Waals surface area (Å²) < 4.78 is 12.4. The second-order valence-electron chi connectivity index (χ2n) is 1.63. The molecule has 10 heavy (non-hydrogen) atoms. The molecule has 0 amide bonds. The topological polar surface area (TPSA) is 33.1 Å². The summed E-state index contributed by atoms with van der Waals surface area (Å²) in [6.45, 7) is -0.292. The van der Waals surface area contributed by atoms with Crippen molar-refractivity contribution in [3.8, 4) is 0 Å². The summed E-state index contributed by atoms with van der Waals surface area (Å²) in [5.74, 6) is -0.410. The van der Waals surface area contributed by atoms with E-state index in [-0.39, 0.29) is 24.6 Å². The Hall–Kier alpha value is -0.670. The Morgan fingerprint density at radius 3 is 2.70 bits per heavy atom. The molecule has 0 aromatic carbocycles. The number of pyridine rings is 1. The van der Waals surface area contributed by atoms with Gasteiger partial charge in [0, 0.05) is 18.0 Å². The summed E-state index contributed by atoms with van der Waals surface area (Å²) in [4.78, 5) is 3.62. The maximum absolute atomic E-state index is 12.4. The fourth-order valence-corrected chi connectivity index (χ4v) is 0.527. The van der Waals surface area contributed by atoms with Crippen molar-refractivity contribution in [1.82, 2.24) is 4.98 Å². The Morgan fingerprint density at radius 2 is 2.30 bits per heavy atom. The summed E-state index contributed by atoms with van der Waals surface area (Å²) in [6, 6.07) is 1.21. The average Bonchev–Trinajstić information content (AvgIpc) is 1.89. The molecule has 1 aromatic heterocycles. The lowest BCUT2D eigenvalue weighted by atomic mass is 10.3. The molecule has 4 heteroatoms. The Kier molecular flexibility index (Phi) is 3.91. The SMILES string of the molecule is Cl.OCc1cnccc1F. The lowest BCUT2D eigenvalue weighted by Gasteiger charge is -1.93. The molecule has 0 bridgehead atoms. The zero-order valence-electron chi connectivity index (χ0n) is 5.12. The van der Waals surface area contributed by atoms with Gasteiger partial charge in [-0.2, -0.15) is 0 Å². The van der Waals surface area contributed by atoms with E-state index in [1.807, 2.05) is 0 Å². The largest absolute Gasteiger partial charge is 0.392 e. The van der Waals surface area contributed by atoms with Crippen LogP contribution in [0.4, 0.5) is 4.39 Å². The third-order valence-corrected chi connectivity index (χ3v) is 1.01. The highest BCUT2D eigenvalue weighted by molar-refractivity contribution is 5.85. The number of aliphatic hydroxyl groups is 1. The van der Waals surface area contributed by atoms with E-state index in [4.69, 9.17) is 5.11 Å². The van der Waals surface area contributed by atoms with Crippen molar-refractivity contribution in [2.45, 2.75) is 6.61 Å². The minimum Gasteiger partial charge on any atom is -0.392 e. The van der Waals surface area contributed by atoms with Gasteiger partial charge in [0.1, 0.15) is 5.82 Å². The Balaban J connectivity index is 0.000000810. The minimum atomic E-state index is -0.410. The summed E-state index contributed by atoms with van der Waals surface area (Å²) in [5, 5.41) is 8.44. The maximum Gasteiger partial charge on any atom is 0.131 e. The van der Waals surface area contributed by atoms with Gasteiger partial charge < -0.3 is 5.11 Å². The second-order valence-corrected chi connectivity index (χ2v) is 1.63. The monoisotopic (exact) mass is 163 g/mol. The first kappa shape index (κ1) is 9.33. The van der Waals surface area contributed by atoms with Crippen LogP contribution < -0.4 is 0 Å². The lowest BCUT2D eigenvalue weighted by Crippen LogP contribution is -1.88. The van der Waals surface area contributed by atoms with E-state index in [2.05, 4.69) is 4.98 Å². The summed E-state index contributed by atoms with van der Waals surface area (Å²) in [7, 11) is 0. The molecule has 2 nitrogen and oxygen atoms in total. The molecule has 0 aliphatic heterocycles. The van der Waals surface area contributed by atoms with Crippen LogP contribution in [0, 0.1) is 5.82 Å². The zero-order valence-corrected chi connectivity index (χ0v) is 5.94. The molecule has 1 rings (SSSR count). The predicted molar refractivity (Wildman–Crippen MR) is 37.4 cm³/mol. The maximum atomic E-state index is 12.4. The van der Waals surface area contributed by atoms with Gasteiger partial charge in [0.05, 0.1) is 6.61 Å². The highest BCUT2D eigenvalue weighted by Crippen LogP contribution is 2.02. The van der Waals surface area contributed by atoms with E-state index in [9.17, 15) is 4.39 Å². The van der Waals surface area contributed by atoms with Crippen LogP contribution in [0.5, 0.6) is 0 Å². The van der Waals surface area contributed by atoms with Crippen LogP contribution in [-0.2, 0) is 6.61 Å². The smallest absolute Gasteiger partial charge is 0.131 e. The van der Waals surface area contributed by atoms with Crippen LogP contribution in [0.1, 0.15) is 5.56 Å². The molecule has 0 atom stereocenters. The first-order chi connectivity index (χ1) is 4.34. The van der Waals surface area contributed by atoms with Gasteiger partial charge in [-0.3, -0.25) is 4.98 Å². The third-order valence-electron chi connectivity index (χ3n) is 1.01. The summed E-state index contributed by atoms with van der Waals surface area (Å²) in [5.41, 5.74) is 0.234. The van der Waals surface area contributed by atoms with Crippen molar-refractivity contribution in [2.75, 3.05) is 0 Å². The van der Waals surface area contributed by atoms with Crippen molar-refractivity contribution < 1.29 is 9.50 Å². The van der Waals surface area contributed by atoms with Crippen molar-refractivity contribution in [3.05, 3.63) is 29.8 Å². The molecule has 0 fully saturated rings. The number of hydrogen-bond acceptors (Lipinski definition) is 2. The Labute approximate surface area is 64.1 Å². The van der Waals surface area contributed by atoms with E-state index in [0.717, 1.165) is 0 Å². The van der Waals surface area contributed by atoms with Crippen molar-refractivity contribution >= 4 is 12.4 Å². The standard InChI is InChI=1S/C6H6FNO.ClH/c7-6-1-2-8-3-5(6)4-9;/h1-3,9H,4H2;1H. The van der Waals surface area contributed by atoms with Crippen LogP contribution in [0.15, 0.2) is 18.5 Å². The number of aliphatic hydroxyl groups excluding tert-OH is 1. The molecule has 1 N–H and O–H groups in total. The quantitative estimate of drug-likeness (QED) is 0.674. The third kappa shape index (κ3) is 1.93. The van der Waals surface area contributed by atoms with Gasteiger partial charge in [-0.25, -0.2) is 4.39 Å². The fourth-order valence-electron chi connectivity index (χ4n) is 0.527. The highest BCUT2D eigenvalue weighted by Gasteiger charge is 1.96. The van der Waals surface area contributed by atoms with Crippen LogP contribution >= 0.6 is 12.4 Å². The predicted octanol–water partition coefficient (Wildman–Crippen LogP) is 1.13. The molecule has 0 saturated heterocycles. The first-order valence-electron chi connectivity index (χ1n) is 2.54. The van der Waals surface area contributed by atoms with Gasteiger partial charge >= 0.3 is 0 Å². The van der Waals surface area contributed by atoms with Gasteiger partial charge in [0.25, 0.3) is 0 Å². The van der Waals surface area contributed by atoms with Crippen LogP contribution in [0.2, 0.25) is 0 Å². The van der Waals surface area contributed by atoms with Gasteiger partial charge in [-0.05, 0) is 6.07 Å². The van der Waals surface area contributed by atoms with E-state index in [0.29, 0.717) is 0 Å². The fraction of sp³-hybridized carbons (Fsp3) is 0.167. The zero-order chi connectivity index (χ0) is 6.69. The molecule has 0 saturated carbocycles. The van der Waals surface area contributed by atoms with E-state index in [1.54, 1.807) is 0 Å². The molecule has 0 aliphatic rings. The van der Waals surface area contributed by atoms with E-state index >= 15 is 0 Å². The van der Waals surface area contributed by atoms with Crippen molar-refractivity contribution in [2.24, 2.45) is 0 Å².